The van der Waals surface area contributed by atoms with E-state index < -0.39 is 0 Å². The van der Waals surface area contributed by atoms with E-state index in [2.05, 4.69) is 21.8 Å². The lowest BCUT2D eigenvalue weighted by molar-refractivity contribution is 0.0452. The molecule has 2 saturated heterocycles. The minimum Gasteiger partial charge on any atom is -0.436 e. The summed E-state index contributed by atoms with van der Waals surface area (Å²) in [7, 11) is 2.18. The van der Waals surface area contributed by atoms with E-state index in [9.17, 15) is 9.18 Å². The zero-order valence-electron chi connectivity index (χ0n) is 18.9. The third-order valence-electron chi connectivity index (χ3n) is 6.75. The average molecular weight is 449 g/mol. The number of halogens is 1. The van der Waals surface area contributed by atoms with Crippen LogP contribution in [0.3, 0.4) is 0 Å². The smallest absolute Gasteiger partial charge is 0.254 e. The van der Waals surface area contributed by atoms with Crippen LogP contribution in [-0.2, 0) is 0 Å². The quantitative estimate of drug-likeness (QED) is 0.604. The molecule has 2 aliphatic rings. The molecule has 2 fully saturated rings. The van der Waals surface area contributed by atoms with Crippen LogP contribution in [-0.4, -0.2) is 77.9 Å². The molecule has 0 N–H and O–H groups in total. The summed E-state index contributed by atoms with van der Waals surface area (Å²) in [6.45, 7) is 5.47. The molecule has 7 heteroatoms. The highest BCUT2D eigenvalue weighted by Gasteiger charge is 2.30. The summed E-state index contributed by atoms with van der Waals surface area (Å²) >= 11 is 0. The lowest BCUT2D eigenvalue weighted by Gasteiger charge is -2.42. The van der Waals surface area contributed by atoms with Crippen molar-refractivity contribution in [1.82, 2.24) is 19.7 Å². The Hall–Kier alpha value is -3.03. The Morgan fingerprint density at radius 2 is 1.73 bits per heavy atom. The predicted molar refractivity (Wildman–Crippen MR) is 125 cm³/mol. The number of aromatic nitrogens is 1. The second kappa shape index (κ2) is 9.45. The fourth-order valence-corrected chi connectivity index (χ4v) is 4.94. The summed E-state index contributed by atoms with van der Waals surface area (Å²) in [4.78, 5) is 24.6. The number of likely N-dealkylation sites (tertiary alicyclic amines) is 1. The molecule has 3 heterocycles. The minimum atomic E-state index is -0.369. The van der Waals surface area contributed by atoms with Gasteiger partial charge < -0.3 is 14.2 Å². The van der Waals surface area contributed by atoms with Gasteiger partial charge in [-0.2, -0.15) is 0 Å². The van der Waals surface area contributed by atoms with Crippen LogP contribution in [0.4, 0.5) is 4.39 Å². The topological polar surface area (TPSA) is 52.8 Å². The van der Waals surface area contributed by atoms with Crippen molar-refractivity contribution >= 4 is 5.91 Å². The normalized spacial score (nSPS) is 20.2. The third kappa shape index (κ3) is 4.56. The van der Waals surface area contributed by atoms with Gasteiger partial charge in [-0.15, -0.1) is 0 Å². The molecule has 6 nitrogen and oxygen atoms in total. The van der Waals surface area contributed by atoms with Crippen molar-refractivity contribution in [3.8, 4) is 22.8 Å². The molecule has 0 aliphatic carbocycles. The van der Waals surface area contributed by atoms with Gasteiger partial charge in [0.1, 0.15) is 5.82 Å². The van der Waals surface area contributed by atoms with E-state index in [1.165, 1.54) is 31.6 Å². The predicted octanol–water partition coefficient (Wildman–Crippen LogP) is 4.00. The molecule has 5 rings (SSSR count). The molecular formula is C26H29FN4O2. The molecule has 0 saturated carbocycles. The number of oxazole rings is 1. The highest BCUT2D eigenvalue weighted by Crippen LogP contribution is 2.30. The van der Waals surface area contributed by atoms with Gasteiger partial charge in [0.05, 0.1) is 17.3 Å². The van der Waals surface area contributed by atoms with Crippen molar-refractivity contribution < 1.29 is 13.6 Å². The van der Waals surface area contributed by atoms with Gasteiger partial charge >= 0.3 is 0 Å². The zero-order valence-corrected chi connectivity index (χ0v) is 18.9. The maximum absolute atomic E-state index is 14.2. The van der Waals surface area contributed by atoms with Crippen molar-refractivity contribution in [2.75, 3.05) is 46.3 Å². The monoisotopic (exact) mass is 448 g/mol. The second-order valence-corrected chi connectivity index (χ2v) is 8.94. The van der Waals surface area contributed by atoms with Crippen LogP contribution in [0, 0.1) is 5.82 Å². The summed E-state index contributed by atoms with van der Waals surface area (Å²) < 4.78 is 20.1. The molecule has 3 aromatic rings. The van der Waals surface area contributed by atoms with Gasteiger partial charge in [0.15, 0.2) is 5.76 Å². The molecule has 33 heavy (non-hydrogen) atoms. The number of carbonyl (C=O) groups excluding carboxylic acids is 1. The van der Waals surface area contributed by atoms with Gasteiger partial charge in [-0.25, -0.2) is 9.37 Å². The fraction of sp³-hybridized carbons (Fsp3) is 0.385. The maximum atomic E-state index is 14.2. The van der Waals surface area contributed by atoms with Crippen LogP contribution in [0.25, 0.3) is 22.8 Å². The molecule has 2 aliphatic heterocycles. The lowest BCUT2D eigenvalue weighted by atomic mass is 10.0. The number of rotatable bonds is 4. The fourth-order valence-electron chi connectivity index (χ4n) is 4.94. The molecule has 172 valence electrons. The van der Waals surface area contributed by atoms with E-state index in [0.717, 1.165) is 19.6 Å². The summed E-state index contributed by atoms with van der Waals surface area (Å²) in [5.41, 5.74) is 1.54. The van der Waals surface area contributed by atoms with Crippen molar-refractivity contribution in [3.63, 3.8) is 0 Å². The standard InChI is InChI=1S/C26H29FN4O2/c1-29-12-6-7-19(18-29)30-13-15-31(16-14-30)26(32)21-9-3-2-8-20(21)25-28-17-24(33-25)22-10-4-5-11-23(22)27/h2-5,8-11,17,19H,6-7,12-16,18H2,1H3. The Labute approximate surface area is 193 Å². The van der Waals surface area contributed by atoms with E-state index in [-0.39, 0.29) is 11.7 Å². The van der Waals surface area contributed by atoms with E-state index in [1.807, 2.05) is 29.2 Å². The maximum Gasteiger partial charge on any atom is 0.254 e. The average Bonchev–Trinajstić information content (AvgIpc) is 3.34. The summed E-state index contributed by atoms with van der Waals surface area (Å²) in [6, 6.07) is 14.4. The number of amides is 1. The zero-order chi connectivity index (χ0) is 22.8. The van der Waals surface area contributed by atoms with E-state index in [4.69, 9.17) is 4.42 Å². The van der Waals surface area contributed by atoms with E-state index in [0.29, 0.717) is 47.5 Å². The molecule has 1 atom stereocenters. The number of piperidine rings is 1. The van der Waals surface area contributed by atoms with Crippen LogP contribution >= 0.6 is 0 Å². The SMILES string of the molecule is CN1CCCC(N2CCN(C(=O)c3ccccc3-c3ncc(-c4ccccc4F)o3)CC2)C1. The Balaban J connectivity index is 1.32. The van der Waals surface area contributed by atoms with Crippen molar-refractivity contribution in [2.24, 2.45) is 0 Å². The van der Waals surface area contributed by atoms with Crippen LogP contribution in [0.15, 0.2) is 59.1 Å². The van der Waals surface area contributed by atoms with Crippen LogP contribution in [0.5, 0.6) is 0 Å². The van der Waals surface area contributed by atoms with Crippen LogP contribution in [0.1, 0.15) is 23.2 Å². The summed E-state index contributed by atoms with van der Waals surface area (Å²) in [5.74, 6) is 0.278. The number of piperazine rings is 1. The van der Waals surface area contributed by atoms with Gasteiger partial charge in [0, 0.05) is 44.3 Å². The molecule has 0 spiro atoms. The molecule has 2 aromatic carbocycles. The lowest BCUT2D eigenvalue weighted by Crippen LogP contribution is -2.55. The van der Waals surface area contributed by atoms with Crippen molar-refractivity contribution in [3.05, 3.63) is 66.1 Å². The van der Waals surface area contributed by atoms with Gasteiger partial charge in [-0.05, 0) is 50.7 Å². The Kier molecular flexibility index (Phi) is 6.24. The number of hydrogen-bond acceptors (Lipinski definition) is 5. The summed E-state index contributed by atoms with van der Waals surface area (Å²) in [5, 5.41) is 0. The Bertz CT molecular complexity index is 1120. The largest absolute Gasteiger partial charge is 0.436 e. The third-order valence-corrected chi connectivity index (χ3v) is 6.75. The Morgan fingerprint density at radius 3 is 2.48 bits per heavy atom. The first-order valence-electron chi connectivity index (χ1n) is 11.6. The summed E-state index contributed by atoms with van der Waals surface area (Å²) in [6.07, 6.45) is 3.98. The number of carbonyl (C=O) groups is 1. The molecule has 0 bridgehead atoms. The van der Waals surface area contributed by atoms with Crippen LogP contribution in [0.2, 0.25) is 0 Å². The van der Waals surface area contributed by atoms with Gasteiger partial charge in [-0.1, -0.05) is 24.3 Å². The number of benzene rings is 2. The first kappa shape index (κ1) is 21.8. The molecule has 1 unspecified atom stereocenters. The molecule has 1 amide bonds. The van der Waals surface area contributed by atoms with E-state index in [1.54, 1.807) is 18.2 Å². The van der Waals surface area contributed by atoms with E-state index >= 15 is 0 Å². The van der Waals surface area contributed by atoms with Gasteiger partial charge in [-0.3, -0.25) is 9.69 Å². The number of hydrogen-bond donors (Lipinski definition) is 0. The van der Waals surface area contributed by atoms with Crippen LogP contribution < -0.4 is 0 Å². The first-order valence-corrected chi connectivity index (χ1v) is 11.6. The minimum absolute atomic E-state index is 0.0170. The van der Waals surface area contributed by atoms with Crippen molar-refractivity contribution in [2.45, 2.75) is 18.9 Å². The van der Waals surface area contributed by atoms with Gasteiger partial charge in [0.2, 0.25) is 5.89 Å². The second-order valence-electron chi connectivity index (χ2n) is 8.94. The van der Waals surface area contributed by atoms with Crippen molar-refractivity contribution in [1.29, 1.82) is 0 Å². The number of likely N-dealkylation sites (N-methyl/N-ethyl adjacent to an activating group) is 1. The van der Waals surface area contributed by atoms with Gasteiger partial charge in [0.25, 0.3) is 5.91 Å². The highest BCUT2D eigenvalue weighted by atomic mass is 19.1. The molecule has 0 radical (unpaired) electrons. The number of nitrogens with zero attached hydrogens (tertiary/aromatic N) is 4. The highest BCUT2D eigenvalue weighted by molar-refractivity contribution is 6.00. The Morgan fingerprint density at radius 1 is 1.00 bits per heavy atom. The molecule has 1 aromatic heterocycles. The molecular weight excluding hydrogens is 419 g/mol. The first-order chi connectivity index (χ1) is 16.1.